The summed E-state index contributed by atoms with van der Waals surface area (Å²) >= 11 is 0. The number of nitrogens with one attached hydrogen (secondary N) is 2. The summed E-state index contributed by atoms with van der Waals surface area (Å²) in [6.45, 7) is 4.95. The summed E-state index contributed by atoms with van der Waals surface area (Å²) in [4.78, 5) is 13.1. The van der Waals surface area contributed by atoms with Crippen molar-refractivity contribution in [1.29, 1.82) is 0 Å². The van der Waals surface area contributed by atoms with E-state index in [9.17, 15) is 0 Å². The first-order chi connectivity index (χ1) is 10.3. The number of nitrogens with zero attached hydrogens (tertiary/aromatic N) is 4. The molecule has 3 rings (SSSR count). The van der Waals surface area contributed by atoms with Gasteiger partial charge in [0.2, 0.25) is 0 Å². The van der Waals surface area contributed by atoms with Crippen molar-refractivity contribution in [2.75, 3.05) is 17.2 Å². The number of aromatic nitrogens is 4. The van der Waals surface area contributed by atoms with Gasteiger partial charge in [0.25, 0.3) is 0 Å². The number of fused-ring (bicyclic) bond motifs is 1. The maximum absolute atomic E-state index is 4.60. The topological polar surface area (TPSA) is 67.1 Å². The van der Waals surface area contributed by atoms with Crippen LogP contribution in [0.4, 0.5) is 11.6 Å². The van der Waals surface area contributed by atoms with E-state index in [1.807, 2.05) is 42.0 Å². The summed E-state index contributed by atoms with van der Waals surface area (Å²) in [5.74, 6) is 1.58. The zero-order chi connectivity index (χ0) is 14.7. The van der Waals surface area contributed by atoms with Crippen LogP contribution in [0.2, 0.25) is 0 Å². The molecule has 2 N–H and O–H groups in total. The third-order valence-corrected chi connectivity index (χ3v) is 3.27. The van der Waals surface area contributed by atoms with Gasteiger partial charge in [-0.05, 0) is 25.5 Å². The molecular formula is C15H18N6. The molecule has 0 aliphatic rings. The van der Waals surface area contributed by atoms with Gasteiger partial charge in [0, 0.05) is 31.3 Å². The van der Waals surface area contributed by atoms with Crippen LogP contribution in [0.5, 0.6) is 0 Å². The van der Waals surface area contributed by atoms with Gasteiger partial charge in [0.15, 0.2) is 11.5 Å². The van der Waals surface area contributed by atoms with E-state index in [4.69, 9.17) is 0 Å². The Kier molecular flexibility index (Phi) is 3.68. The SMILES string of the molecule is CCNc1cn2ccnc2c(NC(C)c2cccnc2)n1. The number of imidazole rings is 1. The van der Waals surface area contributed by atoms with E-state index in [2.05, 4.69) is 32.5 Å². The minimum Gasteiger partial charge on any atom is -0.369 e. The number of pyridine rings is 1. The zero-order valence-corrected chi connectivity index (χ0v) is 12.1. The largest absolute Gasteiger partial charge is 0.369 e. The van der Waals surface area contributed by atoms with E-state index < -0.39 is 0 Å². The quantitative estimate of drug-likeness (QED) is 0.753. The molecule has 1 unspecified atom stereocenters. The van der Waals surface area contributed by atoms with Crippen molar-refractivity contribution in [2.24, 2.45) is 0 Å². The van der Waals surface area contributed by atoms with E-state index >= 15 is 0 Å². The second kappa shape index (κ2) is 5.78. The lowest BCUT2D eigenvalue weighted by Gasteiger charge is -2.16. The molecule has 0 bridgehead atoms. The van der Waals surface area contributed by atoms with Crippen molar-refractivity contribution < 1.29 is 0 Å². The van der Waals surface area contributed by atoms with Gasteiger partial charge in [-0.15, -0.1) is 0 Å². The standard InChI is InChI=1S/C15H18N6/c1-3-17-13-10-21-8-7-18-15(21)14(20-13)19-11(2)12-5-4-6-16-9-12/h4-11,17H,3H2,1-2H3,(H,19,20). The van der Waals surface area contributed by atoms with Crippen molar-refractivity contribution in [3.05, 3.63) is 48.7 Å². The van der Waals surface area contributed by atoms with Gasteiger partial charge in [-0.1, -0.05) is 6.07 Å². The minimum absolute atomic E-state index is 0.101. The summed E-state index contributed by atoms with van der Waals surface area (Å²) in [5.41, 5.74) is 1.92. The Morgan fingerprint density at radius 1 is 1.33 bits per heavy atom. The van der Waals surface area contributed by atoms with Crippen molar-refractivity contribution in [2.45, 2.75) is 19.9 Å². The van der Waals surface area contributed by atoms with Gasteiger partial charge < -0.3 is 15.0 Å². The molecule has 3 aromatic rings. The third-order valence-electron chi connectivity index (χ3n) is 3.27. The minimum atomic E-state index is 0.101. The molecule has 0 saturated heterocycles. The molecule has 0 fully saturated rings. The normalized spacial score (nSPS) is 12.3. The van der Waals surface area contributed by atoms with Gasteiger partial charge in [-0.3, -0.25) is 4.98 Å². The van der Waals surface area contributed by atoms with Crippen LogP contribution in [-0.4, -0.2) is 25.9 Å². The first kappa shape index (κ1) is 13.4. The first-order valence-corrected chi connectivity index (χ1v) is 7.02. The first-order valence-electron chi connectivity index (χ1n) is 7.02. The lowest BCUT2D eigenvalue weighted by Crippen LogP contribution is -2.11. The Morgan fingerprint density at radius 2 is 2.24 bits per heavy atom. The van der Waals surface area contributed by atoms with E-state index in [-0.39, 0.29) is 6.04 Å². The lowest BCUT2D eigenvalue weighted by atomic mass is 10.1. The molecule has 21 heavy (non-hydrogen) atoms. The summed E-state index contributed by atoms with van der Waals surface area (Å²) in [7, 11) is 0. The van der Waals surface area contributed by atoms with Crippen LogP contribution in [0.3, 0.4) is 0 Å². The molecule has 0 radical (unpaired) electrons. The highest BCUT2D eigenvalue weighted by atomic mass is 15.1. The number of anilines is 2. The van der Waals surface area contributed by atoms with Crippen LogP contribution in [-0.2, 0) is 0 Å². The van der Waals surface area contributed by atoms with Crippen LogP contribution in [0.1, 0.15) is 25.5 Å². The summed E-state index contributed by atoms with van der Waals surface area (Å²) in [6, 6.07) is 4.08. The highest BCUT2D eigenvalue weighted by Crippen LogP contribution is 2.22. The summed E-state index contributed by atoms with van der Waals surface area (Å²) < 4.78 is 1.96. The molecule has 3 heterocycles. The van der Waals surface area contributed by atoms with E-state index in [0.29, 0.717) is 0 Å². The second-order valence-corrected chi connectivity index (χ2v) is 4.82. The number of hydrogen-bond donors (Lipinski definition) is 2. The fourth-order valence-corrected chi connectivity index (χ4v) is 2.22. The fraction of sp³-hybridized carbons (Fsp3) is 0.267. The highest BCUT2D eigenvalue weighted by Gasteiger charge is 2.11. The summed E-state index contributed by atoms with van der Waals surface area (Å²) in [5, 5.41) is 6.64. The molecule has 0 aliphatic carbocycles. The van der Waals surface area contributed by atoms with Crippen LogP contribution < -0.4 is 10.6 Å². The lowest BCUT2D eigenvalue weighted by molar-refractivity contribution is 0.864. The molecule has 0 amide bonds. The van der Waals surface area contributed by atoms with Gasteiger partial charge >= 0.3 is 0 Å². The van der Waals surface area contributed by atoms with Crippen LogP contribution in [0, 0.1) is 0 Å². The fourth-order valence-electron chi connectivity index (χ4n) is 2.22. The monoisotopic (exact) mass is 282 g/mol. The number of rotatable bonds is 5. The van der Waals surface area contributed by atoms with E-state index in [0.717, 1.165) is 29.4 Å². The number of hydrogen-bond acceptors (Lipinski definition) is 5. The van der Waals surface area contributed by atoms with Crippen molar-refractivity contribution >= 4 is 17.3 Å². The maximum Gasteiger partial charge on any atom is 0.180 e. The van der Waals surface area contributed by atoms with Gasteiger partial charge in [0.05, 0.1) is 12.2 Å². The van der Waals surface area contributed by atoms with Gasteiger partial charge in [-0.2, -0.15) is 0 Å². The van der Waals surface area contributed by atoms with Crippen LogP contribution >= 0.6 is 0 Å². The molecule has 108 valence electrons. The van der Waals surface area contributed by atoms with E-state index in [1.165, 1.54) is 0 Å². The molecule has 0 spiro atoms. The molecule has 6 nitrogen and oxygen atoms in total. The third kappa shape index (κ3) is 2.79. The van der Waals surface area contributed by atoms with Crippen molar-refractivity contribution in [3.63, 3.8) is 0 Å². The summed E-state index contributed by atoms with van der Waals surface area (Å²) in [6.07, 6.45) is 9.25. The average Bonchev–Trinajstić information content (AvgIpc) is 2.97. The van der Waals surface area contributed by atoms with Gasteiger partial charge in [0.1, 0.15) is 5.82 Å². The zero-order valence-electron chi connectivity index (χ0n) is 12.1. The molecule has 1 atom stereocenters. The second-order valence-electron chi connectivity index (χ2n) is 4.82. The average molecular weight is 282 g/mol. The molecule has 6 heteroatoms. The molecule has 0 aliphatic heterocycles. The highest BCUT2D eigenvalue weighted by molar-refractivity contribution is 5.66. The smallest absolute Gasteiger partial charge is 0.180 e. The molecule has 0 saturated carbocycles. The Balaban J connectivity index is 1.93. The van der Waals surface area contributed by atoms with Crippen LogP contribution in [0.25, 0.3) is 5.65 Å². The van der Waals surface area contributed by atoms with Crippen molar-refractivity contribution in [1.82, 2.24) is 19.4 Å². The van der Waals surface area contributed by atoms with E-state index in [1.54, 1.807) is 12.4 Å². The Morgan fingerprint density at radius 3 is 3.00 bits per heavy atom. The molecular weight excluding hydrogens is 264 g/mol. The maximum atomic E-state index is 4.60. The molecule has 3 aromatic heterocycles. The van der Waals surface area contributed by atoms with Crippen LogP contribution in [0.15, 0.2) is 43.1 Å². The Bertz CT molecular complexity index is 721. The predicted molar refractivity (Wildman–Crippen MR) is 83.4 cm³/mol. The van der Waals surface area contributed by atoms with Crippen molar-refractivity contribution in [3.8, 4) is 0 Å². The Labute approximate surface area is 123 Å². The predicted octanol–water partition coefficient (Wildman–Crippen LogP) is 2.73. The van der Waals surface area contributed by atoms with Gasteiger partial charge in [-0.25, -0.2) is 9.97 Å². The Hall–Kier alpha value is -2.63. The molecule has 0 aromatic carbocycles.